The van der Waals surface area contributed by atoms with Crippen molar-refractivity contribution in [2.75, 3.05) is 7.11 Å². The number of hydrogen-bond acceptors (Lipinski definition) is 5. The van der Waals surface area contributed by atoms with E-state index < -0.39 is 18.1 Å². The lowest BCUT2D eigenvalue weighted by Crippen LogP contribution is -2.19. The molecule has 0 aliphatic heterocycles. The predicted molar refractivity (Wildman–Crippen MR) is 57.1 cm³/mol. The number of methoxy groups -OCH3 is 1. The molecule has 0 aliphatic carbocycles. The van der Waals surface area contributed by atoms with Crippen LogP contribution in [-0.4, -0.2) is 19.4 Å². The largest absolute Gasteiger partial charge is 0.573 e. The summed E-state index contributed by atoms with van der Waals surface area (Å²) < 4.78 is 44.7. The van der Waals surface area contributed by atoms with E-state index in [4.69, 9.17) is 11.0 Å². The lowest BCUT2D eigenvalue weighted by atomic mass is 10.0. The molecule has 0 fully saturated rings. The molecule has 102 valence electrons. The third-order valence-corrected chi connectivity index (χ3v) is 2.17. The van der Waals surface area contributed by atoms with Crippen LogP contribution in [0, 0.1) is 11.3 Å². The fourth-order valence-electron chi connectivity index (χ4n) is 1.38. The Kier molecular flexibility index (Phi) is 4.34. The van der Waals surface area contributed by atoms with Gasteiger partial charge in [-0.1, -0.05) is 0 Å². The maximum Gasteiger partial charge on any atom is 0.573 e. The Morgan fingerprint density at radius 1 is 1.47 bits per heavy atom. The molecule has 0 saturated carbocycles. The first kappa shape index (κ1) is 14.8. The van der Waals surface area contributed by atoms with Gasteiger partial charge in [0.25, 0.3) is 0 Å². The van der Waals surface area contributed by atoms with E-state index in [-0.39, 0.29) is 23.2 Å². The first-order valence-electron chi connectivity index (χ1n) is 4.93. The van der Waals surface area contributed by atoms with E-state index in [1.807, 2.05) is 0 Å². The van der Waals surface area contributed by atoms with Crippen LogP contribution < -0.4 is 10.5 Å². The van der Waals surface area contributed by atoms with Crippen molar-refractivity contribution in [1.82, 2.24) is 0 Å². The van der Waals surface area contributed by atoms with Crippen LogP contribution in [0.3, 0.4) is 0 Å². The van der Waals surface area contributed by atoms with E-state index in [0.717, 1.165) is 19.2 Å². The number of nitriles is 1. The highest BCUT2D eigenvalue weighted by Crippen LogP contribution is 2.29. The van der Waals surface area contributed by atoms with Gasteiger partial charge >= 0.3 is 12.3 Å². The van der Waals surface area contributed by atoms with Gasteiger partial charge in [0.2, 0.25) is 0 Å². The quantitative estimate of drug-likeness (QED) is 0.848. The lowest BCUT2D eigenvalue weighted by molar-refractivity contribution is -0.274. The smallest absolute Gasteiger partial charge is 0.465 e. The second kappa shape index (κ2) is 5.58. The van der Waals surface area contributed by atoms with Crippen LogP contribution in [0.2, 0.25) is 0 Å². The number of benzene rings is 1. The molecule has 0 aromatic heterocycles. The maximum atomic E-state index is 12.2. The molecule has 5 nitrogen and oxygen atoms in total. The number of carbonyl (C=O) groups excluding carboxylic acids is 1. The van der Waals surface area contributed by atoms with Gasteiger partial charge in [0, 0.05) is 12.1 Å². The first-order chi connectivity index (χ1) is 8.82. The molecule has 0 spiro atoms. The van der Waals surface area contributed by atoms with E-state index in [1.165, 1.54) is 0 Å². The van der Waals surface area contributed by atoms with Crippen LogP contribution in [0.5, 0.6) is 5.75 Å². The third kappa shape index (κ3) is 3.59. The molecule has 0 heterocycles. The molecule has 1 aromatic rings. The Labute approximate surface area is 106 Å². The molecule has 0 aliphatic rings. The number of halogens is 3. The lowest BCUT2D eigenvalue weighted by Gasteiger charge is -2.14. The molecule has 0 atom stereocenters. The summed E-state index contributed by atoms with van der Waals surface area (Å²) in [7, 11) is 1.09. The van der Waals surface area contributed by atoms with Gasteiger partial charge in [-0.25, -0.2) is 4.79 Å². The number of alkyl halides is 3. The molecule has 19 heavy (non-hydrogen) atoms. The fraction of sp³-hybridized carbons (Fsp3) is 0.273. The number of rotatable bonds is 3. The predicted octanol–water partition coefficient (Wildman–Crippen LogP) is 1.70. The molecule has 0 radical (unpaired) electrons. The summed E-state index contributed by atoms with van der Waals surface area (Å²) >= 11 is 0. The van der Waals surface area contributed by atoms with Crippen LogP contribution >= 0.6 is 0 Å². The van der Waals surface area contributed by atoms with Gasteiger partial charge < -0.3 is 15.2 Å². The normalized spacial score (nSPS) is 10.7. The van der Waals surface area contributed by atoms with Crippen LogP contribution in [0.1, 0.15) is 21.5 Å². The number of nitrogens with zero attached hydrogens (tertiary/aromatic N) is 1. The zero-order valence-corrected chi connectivity index (χ0v) is 9.75. The van der Waals surface area contributed by atoms with Crippen molar-refractivity contribution in [1.29, 1.82) is 5.26 Å². The molecule has 0 amide bonds. The van der Waals surface area contributed by atoms with Crippen molar-refractivity contribution in [3.05, 3.63) is 28.8 Å². The molecule has 1 aromatic carbocycles. The molecule has 2 N–H and O–H groups in total. The number of carbonyl (C=O) groups is 1. The average Bonchev–Trinajstić information content (AvgIpc) is 2.35. The van der Waals surface area contributed by atoms with Crippen molar-refractivity contribution in [2.24, 2.45) is 5.73 Å². The number of esters is 1. The summed E-state index contributed by atoms with van der Waals surface area (Å²) in [5.41, 5.74) is 4.78. The van der Waals surface area contributed by atoms with Crippen molar-refractivity contribution < 1.29 is 27.4 Å². The Balaban J connectivity index is 3.36. The van der Waals surface area contributed by atoms with E-state index in [1.54, 1.807) is 6.07 Å². The topological polar surface area (TPSA) is 85.3 Å². The van der Waals surface area contributed by atoms with Gasteiger partial charge in [-0.05, 0) is 12.1 Å². The Hall–Kier alpha value is -2.27. The number of hydrogen-bond donors (Lipinski definition) is 1. The minimum Gasteiger partial charge on any atom is -0.465 e. The highest BCUT2D eigenvalue weighted by Gasteiger charge is 2.32. The van der Waals surface area contributed by atoms with Crippen LogP contribution in [0.25, 0.3) is 0 Å². The Morgan fingerprint density at radius 3 is 2.53 bits per heavy atom. The van der Waals surface area contributed by atoms with Gasteiger partial charge in [0.15, 0.2) is 0 Å². The van der Waals surface area contributed by atoms with E-state index >= 15 is 0 Å². The Bertz CT molecular complexity index is 535. The average molecular weight is 274 g/mol. The van der Waals surface area contributed by atoms with E-state index in [2.05, 4.69) is 9.47 Å². The molecule has 8 heteroatoms. The Morgan fingerprint density at radius 2 is 2.11 bits per heavy atom. The minimum atomic E-state index is -4.91. The van der Waals surface area contributed by atoms with Crippen molar-refractivity contribution in [2.45, 2.75) is 12.9 Å². The first-order valence-corrected chi connectivity index (χ1v) is 4.93. The van der Waals surface area contributed by atoms with Gasteiger partial charge in [0.1, 0.15) is 11.8 Å². The van der Waals surface area contributed by atoms with Crippen molar-refractivity contribution in [3.63, 3.8) is 0 Å². The molecule has 0 unspecified atom stereocenters. The SMILES string of the molecule is COC(=O)c1cc(CN)c(OC(F)(F)F)cc1C#N. The minimum absolute atomic E-state index is 0.0586. The van der Waals surface area contributed by atoms with E-state index in [0.29, 0.717) is 0 Å². The highest BCUT2D eigenvalue weighted by atomic mass is 19.4. The molecular weight excluding hydrogens is 265 g/mol. The van der Waals surface area contributed by atoms with Crippen molar-refractivity contribution in [3.8, 4) is 11.8 Å². The molecule has 0 bridgehead atoms. The summed E-state index contributed by atoms with van der Waals surface area (Å²) in [5, 5.41) is 8.82. The molecule has 0 saturated heterocycles. The fourth-order valence-corrected chi connectivity index (χ4v) is 1.38. The highest BCUT2D eigenvalue weighted by molar-refractivity contribution is 5.92. The van der Waals surface area contributed by atoms with E-state index in [9.17, 15) is 18.0 Å². The monoisotopic (exact) mass is 274 g/mol. The van der Waals surface area contributed by atoms with Gasteiger partial charge in [-0.15, -0.1) is 13.2 Å². The summed E-state index contributed by atoms with van der Waals surface area (Å²) in [5.74, 6) is -1.45. The summed E-state index contributed by atoms with van der Waals surface area (Å²) in [4.78, 5) is 11.4. The van der Waals surface area contributed by atoms with Crippen LogP contribution in [-0.2, 0) is 11.3 Å². The molecule has 1 rings (SSSR count). The second-order valence-electron chi connectivity index (χ2n) is 3.36. The van der Waals surface area contributed by atoms with Gasteiger partial charge in [-0.2, -0.15) is 5.26 Å². The van der Waals surface area contributed by atoms with Crippen molar-refractivity contribution >= 4 is 5.97 Å². The van der Waals surface area contributed by atoms with Gasteiger partial charge in [-0.3, -0.25) is 0 Å². The number of ether oxygens (including phenoxy) is 2. The second-order valence-corrected chi connectivity index (χ2v) is 3.36. The summed E-state index contributed by atoms with van der Waals surface area (Å²) in [6.07, 6.45) is -4.91. The molecular formula is C11H9F3N2O3. The summed E-state index contributed by atoms with van der Waals surface area (Å²) in [6.45, 7) is -0.291. The van der Waals surface area contributed by atoms with Crippen LogP contribution in [0.15, 0.2) is 12.1 Å². The van der Waals surface area contributed by atoms with Gasteiger partial charge in [0.05, 0.1) is 18.2 Å². The van der Waals surface area contributed by atoms with Crippen LogP contribution in [0.4, 0.5) is 13.2 Å². The standard InChI is InChI=1S/C11H9F3N2O3/c1-18-10(17)8-2-7(5-16)9(3-6(8)4-15)19-11(12,13)14/h2-3H,5,16H2,1H3. The third-order valence-electron chi connectivity index (χ3n) is 2.17. The maximum absolute atomic E-state index is 12.2. The summed E-state index contributed by atoms with van der Waals surface area (Å²) in [6, 6.07) is 3.45. The zero-order valence-electron chi connectivity index (χ0n) is 9.75. The zero-order chi connectivity index (χ0) is 14.6. The number of nitrogens with two attached hydrogens (primary N) is 1.